The molecule has 0 spiro atoms. The Balaban J connectivity index is 2.48. The molecule has 0 bridgehead atoms. The van der Waals surface area contributed by atoms with Gasteiger partial charge in [-0.15, -0.1) is 0 Å². The number of benzene rings is 1. The van der Waals surface area contributed by atoms with Gasteiger partial charge in [-0.1, -0.05) is 0 Å². The lowest BCUT2D eigenvalue weighted by Crippen LogP contribution is -2.28. The first-order chi connectivity index (χ1) is 9.13. The molecule has 96 valence electrons. The van der Waals surface area contributed by atoms with Crippen LogP contribution in [0, 0.1) is 11.3 Å². The molecule has 0 aliphatic heterocycles. The van der Waals surface area contributed by atoms with Crippen LogP contribution in [0.5, 0.6) is 5.75 Å². The molecule has 0 unspecified atom stereocenters. The van der Waals surface area contributed by atoms with Crippen molar-refractivity contribution >= 4 is 0 Å². The van der Waals surface area contributed by atoms with E-state index in [1.165, 1.54) is 23.9 Å². The van der Waals surface area contributed by atoms with E-state index in [1.54, 1.807) is 18.2 Å². The smallest absolute Gasteiger partial charge is 0.265 e. The molecule has 2 aromatic rings. The van der Waals surface area contributed by atoms with Crippen molar-refractivity contribution in [2.75, 3.05) is 7.11 Å². The maximum Gasteiger partial charge on any atom is 0.265 e. The van der Waals surface area contributed by atoms with Gasteiger partial charge in [-0.3, -0.25) is 14.7 Å². The Morgan fingerprint density at radius 1 is 1.32 bits per heavy atom. The Bertz CT molecular complexity index is 753. The number of H-pyrrole nitrogens is 1. The third kappa shape index (κ3) is 2.72. The average Bonchev–Trinajstić information content (AvgIpc) is 2.42. The summed E-state index contributed by atoms with van der Waals surface area (Å²) in [6, 6.07) is 9.28. The summed E-state index contributed by atoms with van der Waals surface area (Å²) in [5.41, 5.74) is 0.409. The van der Waals surface area contributed by atoms with Gasteiger partial charge in [0.2, 0.25) is 0 Å². The van der Waals surface area contributed by atoms with E-state index in [0.717, 1.165) is 0 Å². The highest BCUT2D eigenvalue weighted by molar-refractivity contribution is 5.42. The summed E-state index contributed by atoms with van der Waals surface area (Å²) >= 11 is 0. The van der Waals surface area contributed by atoms with Crippen LogP contribution in [0.3, 0.4) is 0 Å². The Hall–Kier alpha value is -2.81. The van der Waals surface area contributed by atoms with E-state index < -0.39 is 0 Å². The number of nitrogens with zero attached hydrogens (tertiary/aromatic N) is 2. The molecule has 0 aliphatic carbocycles. The molecule has 0 radical (unpaired) electrons. The van der Waals surface area contributed by atoms with E-state index >= 15 is 0 Å². The second-order valence-corrected chi connectivity index (χ2v) is 3.87. The van der Waals surface area contributed by atoms with Crippen LogP contribution in [0.15, 0.2) is 39.9 Å². The standard InChI is InChI=1S/C13H11N3O3/c1-19-11-3-2-9(7-14)6-10(11)8-16-13(18)5-4-12(17)15-16/h2-6H,8H2,1H3,(H,15,17). The molecular formula is C13H11N3O3. The lowest BCUT2D eigenvalue weighted by atomic mass is 10.1. The fourth-order valence-corrected chi connectivity index (χ4v) is 1.72. The number of nitriles is 1. The number of ether oxygens (including phenoxy) is 1. The Morgan fingerprint density at radius 2 is 2.11 bits per heavy atom. The fraction of sp³-hybridized carbons (Fsp3) is 0.154. The van der Waals surface area contributed by atoms with Gasteiger partial charge in [0, 0.05) is 17.7 Å². The zero-order chi connectivity index (χ0) is 13.8. The van der Waals surface area contributed by atoms with Gasteiger partial charge in [0.05, 0.1) is 25.3 Å². The van der Waals surface area contributed by atoms with Gasteiger partial charge >= 0.3 is 0 Å². The molecular weight excluding hydrogens is 246 g/mol. The number of nitrogens with one attached hydrogen (secondary N) is 1. The van der Waals surface area contributed by atoms with Crippen LogP contribution in [0.4, 0.5) is 0 Å². The molecule has 1 aromatic heterocycles. The molecule has 1 aromatic carbocycles. The SMILES string of the molecule is COc1ccc(C#N)cc1Cn1[nH]c(=O)ccc1=O. The molecule has 6 nitrogen and oxygen atoms in total. The molecule has 6 heteroatoms. The summed E-state index contributed by atoms with van der Waals surface area (Å²) in [5, 5.41) is 11.3. The van der Waals surface area contributed by atoms with E-state index in [2.05, 4.69) is 5.10 Å². The largest absolute Gasteiger partial charge is 0.496 e. The molecule has 0 saturated heterocycles. The predicted octanol–water partition coefficient (Wildman–Crippen LogP) is 0.465. The summed E-state index contributed by atoms with van der Waals surface area (Å²) in [6.07, 6.45) is 0. The third-order valence-corrected chi connectivity index (χ3v) is 2.63. The first-order valence-corrected chi connectivity index (χ1v) is 5.51. The molecule has 0 saturated carbocycles. The summed E-state index contributed by atoms with van der Waals surface area (Å²) in [4.78, 5) is 22.8. The minimum absolute atomic E-state index is 0.133. The van der Waals surface area contributed by atoms with Gasteiger partial charge in [-0.05, 0) is 18.2 Å². The quantitative estimate of drug-likeness (QED) is 0.865. The molecule has 1 heterocycles. The second-order valence-electron chi connectivity index (χ2n) is 3.87. The monoisotopic (exact) mass is 257 g/mol. The molecule has 19 heavy (non-hydrogen) atoms. The van der Waals surface area contributed by atoms with Gasteiger partial charge in [-0.25, -0.2) is 4.68 Å². The number of hydrogen-bond donors (Lipinski definition) is 1. The van der Waals surface area contributed by atoms with Crippen LogP contribution in [0.2, 0.25) is 0 Å². The summed E-state index contributed by atoms with van der Waals surface area (Å²) < 4.78 is 6.34. The van der Waals surface area contributed by atoms with E-state index in [4.69, 9.17) is 10.00 Å². The molecule has 2 rings (SSSR count). The average molecular weight is 257 g/mol. The highest BCUT2D eigenvalue weighted by Gasteiger charge is 2.07. The third-order valence-electron chi connectivity index (χ3n) is 2.63. The summed E-state index contributed by atoms with van der Waals surface area (Å²) in [6.45, 7) is 0.133. The van der Waals surface area contributed by atoms with Crippen molar-refractivity contribution in [3.8, 4) is 11.8 Å². The number of aromatic nitrogens is 2. The molecule has 0 fully saturated rings. The maximum atomic E-state index is 11.6. The lowest BCUT2D eigenvalue weighted by molar-refractivity contribution is 0.406. The lowest BCUT2D eigenvalue weighted by Gasteiger charge is -2.10. The van der Waals surface area contributed by atoms with Crippen molar-refractivity contribution in [1.29, 1.82) is 5.26 Å². The predicted molar refractivity (Wildman–Crippen MR) is 68.1 cm³/mol. The molecule has 1 N–H and O–H groups in total. The minimum atomic E-state index is -0.366. The summed E-state index contributed by atoms with van der Waals surface area (Å²) in [5.74, 6) is 0.551. The van der Waals surface area contributed by atoms with Crippen LogP contribution in [0.25, 0.3) is 0 Å². The zero-order valence-electron chi connectivity index (χ0n) is 10.2. The van der Waals surface area contributed by atoms with E-state index in [0.29, 0.717) is 16.9 Å². The number of methoxy groups -OCH3 is 1. The topological polar surface area (TPSA) is 87.9 Å². The normalized spacial score (nSPS) is 9.89. The van der Waals surface area contributed by atoms with Crippen molar-refractivity contribution in [2.45, 2.75) is 6.54 Å². The number of rotatable bonds is 3. The van der Waals surface area contributed by atoms with Crippen molar-refractivity contribution in [3.63, 3.8) is 0 Å². The van der Waals surface area contributed by atoms with Crippen LogP contribution < -0.4 is 15.9 Å². The Morgan fingerprint density at radius 3 is 2.79 bits per heavy atom. The minimum Gasteiger partial charge on any atom is -0.496 e. The van der Waals surface area contributed by atoms with Crippen LogP contribution in [-0.4, -0.2) is 16.9 Å². The van der Waals surface area contributed by atoms with Crippen LogP contribution >= 0.6 is 0 Å². The Labute approximate surface area is 108 Å². The van der Waals surface area contributed by atoms with Crippen molar-refractivity contribution in [2.24, 2.45) is 0 Å². The van der Waals surface area contributed by atoms with Gasteiger partial charge in [0.15, 0.2) is 0 Å². The highest BCUT2D eigenvalue weighted by atomic mass is 16.5. The fourth-order valence-electron chi connectivity index (χ4n) is 1.72. The van der Waals surface area contributed by atoms with Crippen molar-refractivity contribution in [1.82, 2.24) is 9.78 Å². The van der Waals surface area contributed by atoms with Crippen molar-refractivity contribution in [3.05, 3.63) is 62.2 Å². The van der Waals surface area contributed by atoms with Crippen LogP contribution in [-0.2, 0) is 6.54 Å². The first-order valence-electron chi connectivity index (χ1n) is 5.51. The number of hydrogen-bond acceptors (Lipinski definition) is 4. The van der Waals surface area contributed by atoms with Crippen LogP contribution in [0.1, 0.15) is 11.1 Å². The van der Waals surface area contributed by atoms with Gasteiger partial charge < -0.3 is 4.74 Å². The van der Waals surface area contributed by atoms with Crippen molar-refractivity contribution < 1.29 is 4.74 Å². The number of aromatic amines is 1. The van der Waals surface area contributed by atoms with E-state index in [9.17, 15) is 9.59 Å². The molecule has 0 atom stereocenters. The molecule has 0 amide bonds. The first kappa shape index (κ1) is 12.6. The molecule has 0 aliphatic rings. The van der Waals surface area contributed by atoms with Gasteiger partial charge in [-0.2, -0.15) is 5.26 Å². The van der Waals surface area contributed by atoms with E-state index in [-0.39, 0.29) is 17.7 Å². The maximum absolute atomic E-state index is 11.6. The second kappa shape index (κ2) is 5.23. The van der Waals surface area contributed by atoms with E-state index in [1.807, 2.05) is 6.07 Å². The van der Waals surface area contributed by atoms with Gasteiger partial charge in [0.1, 0.15) is 5.75 Å². The van der Waals surface area contributed by atoms with Gasteiger partial charge in [0.25, 0.3) is 11.1 Å². The Kier molecular flexibility index (Phi) is 3.48. The summed E-state index contributed by atoms with van der Waals surface area (Å²) in [7, 11) is 1.50. The highest BCUT2D eigenvalue weighted by Crippen LogP contribution is 2.19. The zero-order valence-corrected chi connectivity index (χ0v) is 10.2.